The molecule has 1 saturated heterocycles. The summed E-state index contributed by atoms with van der Waals surface area (Å²) in [6, 6.07) is 14.9. The van der Waals surface area contributed by atoms with Gasteiger partial charge in [0.2, 0.25) is 11.8 Å². The van der Waals surface area contributed by atoms with Gasteiger partial charge in [-0.05, 0) is 31.5 Å². The second-order valence-corrected chi connectivity index (χ2v) is 6.39. The molecule has 0 unspecified atom stereocenters. The first kappa shape index (κ1) is 17.2. The van der Waals surface area contributed by atoms with Crippen LogP contribution in [0.1, 0.15) is 16.7 Å². The molecule has 1 heterocycles. The van der Waals surface area contributed by atoms with E-state index in [1.54, 1.807) is 4.90 Å². The highest BCUT2D eigenvalue weighted by molar-refractivity contribution is 5.97. The molecule has 0 spiro atoms. The Labute approximate surface area is 147 Å². The van der Waals surface area contributed by atoms with Crippen molar-refractivity contribution in [2.75, 3.05) is 18.5 Å². The molecule has 130 valence electrons. The molecule has 25 heavy (non-hydrogen) atoms. The minimum absolute atomic E-state index is 0.0141. The van der Waals surface area contributed by atoms with E-state index >= 15 is 0 Å². The number of anilines is 1. The number of carbonyl (C=O) groups excluding carboxylic acids is 2. The first-order chi connectivity index (χ1) is 12.0. The minimum atomic E-state index is -0.635. The fourth-order valence-electron chi connectivity index (χ4n) is 2.77. The summed E-state index contributed by atoms with van der Waals surface area (Å²) < 4.78 is 5.31. The number of hydrogen-bond donors (Lipinski definition) is 1. The molecule has 3 rings (SSSR count). The smallest absolute Gasteiger partial charge is 0.249 e. The maximum absolute atomic E-state index is 12.7. The van der Waals surface area contributed by atoms with E-state index in [2.05, 4.69) is 5.32 Å². The molecule has 0 aromatic heterocycles. The van der Waals surface area contributed by atoms with E-state index in [1.165, 1.54) is 0 Å². The lowest BCUT2D eigenvalue weighted by atomic mass is 10.1. The normalized spacial score (nSPS) is 17.4. The van der Waals surface area contributed by atoms with Crippen LogP contribution >= 0.6 is 0 Å². The third-order valence-corrected chi connectivity index (χ3v) is 4.29. The number of amides is 2. The van der Waals surface area contributed by atoms with Gasteiger partial charge in [-0.15, -0.1) is 0 Å². The van der Waals surface area contributed by atoms with Gasteiger partial charge in [-0.1, -0.05) is 47.5 Å². The van der Waals surface area contributed by atoms with Crippen molar-refractivity contribution in [3.63, 3.8) is 0 Å². The molecule has 2 amide bonds. The summed E-state index contributed by atoms with van der Waals surface area (Å²) in [5.41, 5.74) is 3.98. The van der Waals surface area contributed by atoms with E-state index in [4.69, 9.17) is 4.74 Å². The van der Waals surface area contributed by atoms with Gasteiger partial charge in [0.25, 0.3) is 0 Å². The molecule has 2 aromatic rings. The van der Waals surface area contributed by atoms with Crippen LogP contribution in [0.2, 0.25) is 0 Å². The fourth-order valence-corrected chi connectivity index (χ4v) is 2.77. The second-order valence-electron chi connectivity index (χ2n) is 6.39. The largest absolute Gasteiger partial charge is 0.369 e. The lowest BCUT2D eigenvalue weighted by molar-refractivity contribution is -0.154. The Morgan fingerprint density at radius 2 is 1.68 bits per heavy atom. The van der Waals surface area contributed by atoms with Gasteiger partial charge in [0.05, 0.1) is 6.61 Å². The number of aryl methyl sites for hydroxylation is 2. The fraction of sp³-hybridized carbons (Fsp3) is 0.300. The quantitative estimate of drug-likeness (QED) is 0.932. The van der Waals surface area contributed by atoms with E-state index in [0.717, 1.165) is 16.7 Å². The van der Waals surface area contributed by atoms with Crippen molar-refractivity contribution in [2.45, 2.75) is 26.4 Å². The molecule has 5 heteroatoms. The minimum Gasteiger partial charge on any atom is -0.369 e. The molecule has 1 N–H and O–H groups in total. The Morgan fingerprint density at radius 3 is 2.32 bits per heavy atom. The number of hydrogen-bond acceptors (Lipinski definition) is 3. The van der Waals surface area contributed by atoms with Crippen LogP contribution in [-0.4, -0.2) is 36.0 Å². The van der Waals surface area contributed by atoms with Gasteiger partial charge >= 0.3 is 0 Å². The number of morpholine rings is 1. The van der Waals surface area contributed by atoms with E-state index < -0.39 is 6.04 Å². The topological polar surface area (TPSA) is 58.6 Å². The first-order valence-electron chi connectivity index (χ1n) is 8.33. The number of rotatable bonds is 4. The van der Waals surface area contributed by atoms with Crippen LogP contribution in [0.3, 0.4) is 0 Å². The van der Waals surface area contributed by atoms with Crippen molar-refractivity contribution in [1.82, 2.24) is 4.90 Å². The van der Waals surface area contributed by atoms with Gasteiger partial charge < -0.3 is 15.0 Å². The Kier molecular flexibility index (Phi) is 5.14. The first-order valence-corrected chi connectivity index (χ1v) is 8.33. The van der Waals surface area contributed by atoms with E-state index in [-0.39, 0.29) is 25.0 Å². The molecule has 0 radical (unpaired) electrons. The Bertz CT molecular complexity index is 754. The molecule has 1 aliphatic heterocycles. The summed E-state index contributed by atoms with van der Waals surface area (Å²) in [6.45, 7) is 4.62. The molecule has 0 bridgehead atoms. The zero-order valence-corrected chi connectivity index (χ0v) is 14.5. The van der Waals surface area contributed by atoms with Crippen LogP contribution in [0.15, 0.2) is 48.5 Å². The predicted octanol–water partition coefficient (Wildman–Crippen LogP) is 2.67. The van der Waals surface area contributed by atoms with Crippen LogP contribution in [-0.2, 0) is 20.9 Å². The third kappa shape index (κ3) is 4.25. The lowest BCUT2D eigenvalue weighted by Crippen LogP contribution is -2.54. The predicted molar refractivity (Wildman–Crippen MR) is 96.1 cm³/mol. The molecule has 1 fully saturated rings. The highest BCUT2D eigenvalue weighted by Crippen LogP contribution is 2.17. The molecule has 0 saturated carbocycles. The van der Waals surface area contributed by atoms with Crippen molar-refractivity contribution in [1.29, 1.82) is 0 Å². The van der Waals surface area contributed by atoms with Crippen molar-refractivity contribution in [2.24, 2.45) is 0 Å². The molecule has 0 aliphatic carbocycles. The Balaban J connectivity index is 1.74. The van der Waals surface area contributed by atoms with Crippen LogP contribution in [0.4, 0.5) is 5.69 Å². The summed E-state index contributed by atoms with van der Waals surface area (Å²) in [5, 5.41) is 2.87. The zero-order chi connectivity index (χ0) is 17.8. The lowest BCUT2D eigenvalue weighted by Gasteiger charge is -2.34. The van der Waals surface area contributed by atoms with Crippen LogP contribution < -0.4 is 5.32 Å². The summed E-state index contributed by atoms with van der Waals surface area (Å²) in [4.78, 5) is 26.6. The molecular formula is C20H22N2O3. The zero-order valence-electron chi connectivity index (χ0n) is 14.5. The van der Waals surface area contributed by atoms with Crippen molar-refractivity contribution in [3.8, 4) is 0 Å². The summed E-state index contributed by atoms with van der Waals surface area (Å²) in [5.74, 6) is -0.403. The second kappa shape index (κ2) is 7.49. The summed E-state index contributed by atoms with van der Waals surface area (Å²) in [6.07, 6.45) is 0. The highest BCUT2D eigenvalue weighted by atomic mass is 16.5. The summed E-state index contributed by atoms with van der Waals surface area (Å²) in [7, 11) is 0. The van der Waals surface area contributed by atoms with Crippen LogP contribution in [0.5, 0.6) is 0 Å². The maximum atomic E-state index is 12.7. The molecule has 1 aliphatic rings. The number of nitrogens with zero attached hydrogens (tertiary/aromatic N) is 1. The monoisotopic (exact) mass is 338 g/mol. The van der Waals surface area contributed by atoms with E-state index in [9.17, 15) is 9.59 Å². The molecular weight excluding hydrogens is 316 g/mol. The van der Waals surface area contributed by atoms with Crippen molar-refractivity contribution >= 4 is 17.5 Å². The van der Waals surface area contributed by atoms with Crippen molar-refractivity contribution in [3.05, 3.63) is 65.2 Å². The highest BCUT2D eigenvalue weighted by Gasteiger charge is 2.34. The molecule has 5 nitrogen and oxygen atoms in total. The number of nitrogens with one attached hydrogen (secondary N) is 1. The Morgan fingerprint density at radius 1 is 1.08 bits per heavy atom. The number of ether oxygens (including phenoxy) is 1. The molecule has 2 aromatic carbocycles. The van der Waals surface area contributed by atoms with Gasteiger partial charge in [0.15, 0.2) is 0 Å². The van der Waals surface area contributed by atoms with Crippen LogP contribution in [0, 0.1) is 13.8 Å². The SMILES string of the molecule is Cc1ccc(CN2C(=O)COC[C@H]2C(=O)Nc2ccc(C)cc2)cc1. The Hall–Kier alpha value is -2.66. The van der Waals surface area contributed by atoms with Gasteiger partial charge in [0.1, 0.15) is 12.6 Å². The average Bonchev–Trinajstić information content (AvgIpc) is 2.60. The van der Waals surface area contributed by atoms with E-state index in [1.807, 2.05) is 62.4 Å². The van der Waals surface area contributed by atoms with Gasteiger partial charge in [-0.25, -0.2) is 0 Å². The van der Waals surface area contributed by atoms with E-state index in [0.29, 0.717) is 12.2 Å². The van der Waals surface area contributed by atoms with Crippen molar-refractivity contribution < 1.29 is 14.3 Å². The number of carbonyl (C=O) groups is 2. The maximum Gasteiger partial charge on any atom is 0.249 e. The third-order valence-electron chi connectivity index (χ3n) is 4.29. The average molecular weight is 338 g/mol. The number of benzene rings is 2. The van der Waals surface area contributed by atoms with Gasteiger partial charge in [0, 0.05) is 12.2 Å². The van der Waals surface area contributed by atoms with Crippen LogP contribution in [0.25, 0.3) is 0 Å². The van der Waals surface area contributed by atoms with Gasteiger partial charge in [-0.2, -0.15) is 0 Å². The summed E-state index contributed by atoms with van der Waals surface area (Å²) >= 11 is 0. The standard InChI is InChI=1S/C20H22N2O3/c1-14-3-7-16(8-4-14)11-22-18(12-25-13-19(22)23)20(24)21-17-9-5-15(2)6-10-17/h3-10,18H,11-13H2,1-2H3,(H,21,24)/t18-/m0/s1. The van der Waals surface area contributed by atoms with Gasteiger partial charge in [-0.3, -0.25) is 9.59 Å². The molecule has 1 atom stereocenters.